The van der Waals surface area contributed by atoms with Gasteiger partial charge in [-0.15, -0.1) is 0 Å². The number of hydrogen-bond acceptors (Lipinski definition) is 4. The van der Waals surface area contributed by atoms with Crippen molar-refractivity contribution >= 4 is 17.3 Å². The van der Waals surface area contributed by atoms with E-state index in [9.17, 15) is 13.2 Å². The topological polar surface area (TPSA) is 49.8 Å². The average molecular weight is 296 g/mol. The second-order valence-corrected chi connectivity index (χ2v) is 4.47. The number of benzene rings is 1. The third kappa shape index (κ3) is 3.84. The fourth-order valence-electron chi connectivity index (χ4n) is 1.77. The molecule has 0 fully saturated rings. The number of halogens is 3. The Bertz CT molecular complexity index is 626. The lowest BCUT2D eigenvalue weighted by Crippen LogP contribution is -2.07. The summed E-state index contributed by atoms with van der Waals surface area (Å²) in [4.78, 5) is 8.01. The van der Waals surface area contributed by atoms with Gasteiger partial charge < -0.3 is 10.6 Å². The minimum absolute atomic E-state index is 0.367. The number of hydrogen-bond donors (Lipinski definition) is 2. The van der Waals surface area contributed by atoms with Crippen molar-refractivity contribution in [1.82, 2.24) is 9.97 Å². The van der Waals surface area contributed by atoms with Gasteiger partial charge >= 0.3 is 6.18 Å². The maximum absolute atomic E-state index is 12.7. The monoisotopic (exact) mass is 296 g/mol. The predicted octanol–water partition coefficient (Wildman–Crippen LogP) is 3.98. The maximum Gasteiger partial charge on any atom is 0.416 e. The van der Waals surface area contributed by atoms with Gasteiger partial charge in [0.1, 0.15) is 18.0 Å². The number of rotatable bonds is 4. The number of aromatic nitrogens is 2. The zero-order valence-corrected chi connectivity index (χ0v) is 11.6. The van der Waals surface area contributed by atoms with Crippen LogP contribution in [0.3, 0.4) is 0 Å². The Morgan fingerprint density at radius 3 is 2.48 bits per heavy atom. The van der Waals surface area contributed by atoms with Crippen LogP contribution in [0.5, 0.6) is 0 Å². The SMILES string of the molecule is CCNc1cc(Nc2cc(C(F)(F)F)ccc2C)ncn1. The Morgan fingerprint density at radius 1 is 1.10 bits per heavy atom. The number of alkyl halides is 3. The van der Waals surface area contributed by atoms with Crippen LogP contribution in [0.1, 0.15) is 18.1 Å². The Kier molecular flexibility index (Phi) is 4.30. The average Bonchev–Trinajstić information content (AvgIpc) is 2.41. The molecule has 0 bridgehead atoms. The molecule has 0 aliphatic rings. The van der Waals surface area contributed by atoms with Crippen molar-refractivity contribution < 1.29 is 13.2 Å². The molecule has 0 amide bonds. The van der Waals surface area contributed by atoms with Crippen LogP contribution in [0.25, 0.3) is 0 Å². The van der Waals surface area contributed by atoms with E-state index in [0.717, 1.165) is 12.1 Å². The fraction of sp³-hybridized carbons (Fsp3) is 0.286. The number of aryl methyl sites for hydroxylation is 1. The minimum Gasteiger partial charge on any atom is -0.370 e. The highest BCUT2D eigenvalue weighted by atomic mass is 19.4. The number of anilines is 3. The van der Waals surface area contributed by atoms with Gasteiger partial charge in [0.2, 0.25) is 0 Å². The molecule has 0 saturated heterocycles. The highest BCUT2D eigenvalue weighted by Gasteiger charge is 2.30. The molecule has 2 N–H and O–H groups in total. The molecule has 1 aromatic heterocycles. The Hall–Kier alpha value is -2.31. The van der Waals surface area contributed by atoms with E-state index in [1.54, 1.807) is 13.0 Å². The van der Waals surface area contributed by atoms with Crippen molar-refractivity contribution in [1.29, 1.82) is 0 Å². The van der Waals surface area contributed by atoms with E-state index in [0.29, 0.717) is 29.4 Å². The quantitative estimate of drug-likeness (QED) is 0.896. The van der Waals surface area contributed by atoms with Crippen LogP contribution in [0.4, 0.5) is 30.5 Å². The van der Waals surface area contributed by atoms with Crippen molar-refractivity contribution in [3.8, 4) is 0 Å². The van der Waals surface area contributed by atoms with E-state index in [2.05, 4.69) is 20.6 Å². The summed E-state index contributed by atoms with van der Waals surface area (Å²) < 4.78 is 38.2. The molecule has 7 heteroatoms. The molecule has 112 valence electrons. The summed E-state index contributed by atoms with van der Waals surface area (Å²) in [5.41, 5.74) is 0.370. The first-order valence-electron chi connectivity index (χ1n) is 6.41. The summed E-state index contributed by atoms with van der Waals surface area (Å²) in [6, 6.07) is 5.20. The van der Waals surface area contributed by atoms with Crippen LogP contribution < -0.4 is 10.6 Å². The van der Waals surface area contributed by atoms with Gasteiger partial charge in [-0.1, -0.05) is 6.07 Å². The van der Waals surface area contributed by atoms with Crippen molar-refractivity contribution in [2.24, 2.45) is 0 Å². The summed E-state index contributed by atoms with van der Waals surface area (Å²) >= 11 is 0. The molecule has 21 heavy (non-hydrogen) atoms. The van der Waals surface area contributed by atoms with Gasteiger partial charge in [0.15, 0.2) is 0 Å². The van der Waals surface area contributed by atoms with Gasteiger partial charge in [-0.05, 0) is 31.5 Å². The van der Waals surface area contributed by atoms with Gasteiger partial charge in [-0.2, -0.15) is 13.2 Å². The molecule has 0 aliphatic carbocycles. The molecule has 0 radical (unpaired) electrons. The van der Waals surface area contributed by atoms with Crippen molar-refractivity contribution in [3.63, 3.8) is 0 Å². The van der Waals surface area contributed by atoms with Crippen LogP contribution in [0.15, 0.2) is 30.6 Å². The molecule has 0 atom stereocenters. The molecule has 1 aromatic carbocycles. The minimum atomic E-state index is -4.37. The molecular weight excluding hydrogens is 281 g/mol. The van der Waals surface area contributed by atoms with Crippen LogP contribution in [0.2, 0.25) is 0 Å². The van der Waals surface area contributed by atoms with Gasteiger partial charge in [0.05, 0.1) is 5.56 Å². The smallest absolute Gasteiger partial charge is 0.370 e. The standard InChI is InChI=1S/C14H15F3N4/c1-3-18-12-7-13(20-8-19-12)21-11-6-10(14(15,16)17)5-4-9(11)2/h4-8H,3H2,1-2H3,(H2,18,19,20,21). The van der Waals surface area contributed by atoms with E-state index >= 15 is 0 Å². The van der Waals surface area contributed by atoms with Crippen molar-refractivity contribution in [2.75, 3.05) is 17.2 Å². The first kappa shape index (κ1) is 15.1. The van der Waals surface area contributed by atoms with E-state index < -0.39 is 11.7 Å². The summed E-state index contributed by atoms with van der Waals surface area (Å²) in [6.07, 6.45) is -3.02. The lowest BCUT2D eigenvalue weighted by molar-refractivity contribution is -0.137. The molecular formula is C14H15F3N4. The molecule has 0 unspecified atom stereocenters. The fourth-order valence-corrected chi connectivity index (χ4v) is 1.77. The zero-order valence-electron chi connectivity index (χ0n) is 11.6. The van der Waals surface area contributed by atoms with Crippen LogP contribution in [-0.2, 0) is 6.18 Å². The molecule has 1 heterocycles. The first-order valence-corrected chi connectivity index (χ1v) is 6.41. The summed E-state index contributed by atoms with van der Waals surface area (Å²) in [7, 11) is 0. The Balaban J connectivity index is 2.28. The third-order valence-electron chi connectivity index (χ3n) is 2.85. The molecule has 4 nitrogen and oxygen atoms in total. The number of nitrogens with zero attached hydrogens (tertiary/aromatic N) is 2. The van der Waals surface area contributed by atoms with E-state index in [1.165, 1.54) is 12.4 Å². The van der Waals surface area contributed by atoms with Crippen LogP contribution in [0, 0.1) is 6.92 Å². The predicted molar refractivity (Wildman–Crippen MR) is 75.7 cm³/mol. The Morgan fingerprint density at radius 2 is 1.81 bits per heavy atom. The largest absolute Gasteiger partial charge is 0.416 e. The molecule has 0 saturated carbocycles. The molecule has 2 aromatic rings. The summed E-state index contributed by atoms with van der Waals surface area (Å²) in [5.74, 6) is 1.04. The van der Waals surface area contributed by atoms with Gasteiger partial charge in [-0.3, -0.25) is 0 Å². The Labute approximate surface area is 120 Å². The van der Waals surface area contributed by atoms with E-state index in [4.69, 9.17) is 0 Å². The maximum atomic E-state index is 12.7. The van der Waals surface area contributed by atoms with E-state index in [-0.39, 0.29) is 0 Å². The molecule has 2 rings (SSSR count). The normalized spacial score (nSPS) is 11.3. The molecule has 0 aliphatic heterocycles. The summed E-state index contributed by atoms with van der Waals surface area (Å²) in [6.45, 7) is 4.35. The summed E-state index contributed by atoms with van der Waals surface area (Å²) in [5, 5.41) is 5.91. The number of nitrogens with one attached hydrogen (secondary N) is 2. The lowest BCUT2D eigenvalue weighted by Gasteiger charge is -2.13. The van der Waals surface area contributed by atoms with Gasteiger partial charge in [0.25, 0.3) is 0 Å². The highest BCUT2D eigenvalue weighted by molar-refractivity contribution is 5.63. The van der Waals surface area contributed by atoms with E-state index in [1.807, 2.05) is 6.92 Å². The first-order chi connectivity index (χ1) is 9.90. The zero-order chi connectivity index (χ0) is 15.5. The molecule has 0 spiro atoms. The lowest BCUT2D eigenvalue weighted by atomic mass is 10.1. The van der Waals surface area contributed by atoms with Crippen molar-refractivity contribution in [3.05, 3.63) is 41.7 Å². The van der Waals surface area contributed by atoms with Crippen LogP contribution >= 0.6 is 0 Å². The van der Waals surface area contributed by atoms with Gasteiger partial charge in [0, 0.05) is 18.3 Å². The third-order valence-corrected chi connectivity index (χ3v) is 2.85. The second-order valence-electron chi connectivity index (χ2n) is 4.47. The highest BCUT2D eigenvalue weighted by Crippen LogP contribution is 2.32. The van der Waals surface area contributed by atoms with Gasteiger partial charge in [-0.25, -0.2) is 9.97 Å². The van der Waals surface area contributed by atoms with Crippen LogP contribution in [-0.4, -0.2) is 16.5 Å². The van der Waals surface area contributed by atoms with Crippen molar-refractivity contribution in [2.45, 2.75) is 20.0 Å². The second kappa shape index (κ2) is 5.99.